The van der Waals surface area contributed by atoms with Crippen molar-refractivity contribution in [3.63, 3.8) is 0 Å². The summed E-state index contributed by atoms with van der Waals surface area (Å²) in [6, 6.07) is 11.8. The van der Waals surface area contributed by atoms with E-state index < -0.39 is 0 Å². The fraction of sp³-hybridized carbons (Fsp3) is 0.429. The van der Waals surface area contributed by atoms with Gasteiger partial charge in [-0.2, -0.15) is 11.8 Å². The lowest BCUT2D eigenvalue weighted by molar-refractivity contribution is 0.407. The van der Waals surface area contributed by atoms with Crippen molar-refractivity contribution in [3.8, 4) is 17.4 Å². The SMILES string of the molecule is CN=C(NCc1ccc(Oc2cccc(OC)c2)nc1)NC1CCC(SC)C1. The van der Waals surface area contributed by atoms with Crippen molar-refractivity contribution in [3.05, 3.63) is 48.2 Å². The predicted octanol–water partition coefficient (Wildman–Crippen LogP) is 3.83. The highest BCUT2D eigenvalue weighted by molar-refractivity contribution is 7.99. The van der Waals surface area contributed by atoms with Crippen LogP contribution in [-0.2, 0) is 6.54 Å². The Bertz CT molecular complexity index is 782. The molecule has 7 heteroatoms. The number of thioether (sulfide) groups is 1. The first kappa shape index (κ1) is 20.3. The number of guanidine groups is 1. The van der Waals surface area contributed by atoms with Gasteiger partial charge in [-0.15, -0.1) is 0 Å². The predicted molar refractivity (Wildman–Crippen MR) is 116 cm³/mol. The summed E-state index contributed by atoms with van der Waals surface area (Å²) in [7, 11) is 3.44. The van der Waals surface area contributed by atoms with E-state index >= 15 is 0 Å². The van der Waals surface area contributed by atoms with Gasteiger partial charge in [0, 0.05) is 43.2 Å². The van der Waals surface area contributed by atoms with Crippen LogP contribution in [0.3, 0.4) is 0 Å². The van der Waals surface area contributed by atoms with Crippen LogP contribution in [0.2, 0.25) is 0 Å². The molecule has 0 saturated heterocycles. The number of nitrogens with one attached hydrogen (secondary N) is 2. The first-order valence-electron chi connectivity index (χ1n) is 9.47. The summed E-state index contributed by atoms with van der Waals surface area (Å²) in [5, 5.41) is 7.65. The quantitative estimate of drug-likeness (QED) is 0.544. The molecule has 0 amide bonds. The van der Waals surface area contributed by atoms with Crippen LogP contribution in [0.4, 0.5) is 0 Å². The Hall–Kier alpha value is -2.41. The van der Waals surface area contributed by atoms with Crippen LogP contribution in [0, 0.1) is 0 Å². The fourth-order valence-corrected chi connectivity index (χ4v) is 4.02. The highest BCUT2D eigenvalue weighted by Crippen LogP contribution is 2.28. The zero-order chi connectivity index (χ0) is 19.8. The Morgan fingerprint density at radius 2 is 2.11 bits per heavy atom. The van der Waals surface area contributed by atoms with E-state index in [1.54, 1.807) is 14.2 Å². The second-order valence-corrected chi connectivity index (χ2v) is 7.86. The maximum Gasteiger partial charge on any atom is 0.219 e. The Balaban J connectivity index is 1.49. The van der Waals surface area contributed by atoms with Gasteiger partial charge in [-0.25, -0.2) is 4.98 Å². The number of ether oxygens (including phenoxy) is 2. The standard InChI is InChI=1S/C21H28N4O2S/c1-22-21(25-16-8-9-19(11-16)28-3)24-14-15-7-10-20(23-13-15)27-18-6-4-5-17(12-18)26-2/h4-7,10,12-13,16,19H,8-9,11,14H2,1-3H3,(H2,22,24,25). The van der Waals surface area contributed by atoms with Crippen molar-refractivity contribution in [2.24, 2.45) is 4.99 Å². The minimum Gasteiger partial charge on any atom is -0.497 e. The van der Waals surface area contributed by atoms with Crippen LogP contribution in [0.25, 0.3) is 0 Å². The molecule has 0 aliphatic heterocycles. The summed E-state index contributed by atoms with van der Waals surface area (Å²) in [4.78, 5) is 8.73. The zero-order valence-electron chi connectivity index (χ0n) is 16.6. The summed E-state index contributed by atoms with van der Waals surface area (Å²) in [6.07, 6.45) is 7.67. The van der Waals surface area contributed by atoms with Gasteiger partial charge < -0.3 is 20.1 Å². The molecule has 3 rings (SSSR count). The summed E-state index contributed by atoms with van der Waals surface area (Å²) >= 11 is 1.96. The average Bonchev–Trinajstić information content (AvgIpc) is 3.20. The van der Waals surface area contributed by atoms with Gasteiger partial charge in [-0.3, -0.25) is 4.99 Å². The topological polar surface area (TPSA) is 67.8 Å². The van der Waals surface area contributed by atoms with Crippen molar-refractivity contribution in [2.75, 3.05) is 20.4 Å². The third-order valence-electron chi connectivity index (χ3n) is 4.80. The molecule has 0 spiro atoms. The Labute approximate surface area is 171 Å². The lowest BCUT2D eigenvalue weighted by atomic mass is 10.2. The average molecular weight is 401 g/mol. The molecule has 1 aliphatic rings. The molecule has 1 saturated carbocycles. The number of methoxy groups -OCH3 is 1. The summed E-state index contributed by atoms with van der Waals surface area (Å²) in [5.41, 5.74) is 1.06. The molecule has 2 N–H and O–H groups in total. The highest BCUT2D eigenvalue weighted by atomic mass is 32.2. The normalized spacial score (nSPS) is 19.3. The number of aliphatic imine (C=N–C) groups is 1. The Morgan fingerprint density at radius 3 is 2.79 bits per heavy atom. The van der Waals surface area contributed by atoms with E-state index in [0.717, 1.165) is 22.5 Å². The number of aromatic nitrogens is 1. The monoisotopic (exact) mass is 400 g/mol. The number of pyridine rings is 1. The minimum atomic E-state index is 0.500. The molecule has 28 heavy (non-hydrogen) atoms. The van der Waals surface area contributed by atoms with Gasteiger partial charge in [0.2, 0.25) is 5.88 Å². The lowest BCUT2D eigenvalue weighted by Crippen LogP contribution is -2.42. The fourth-order valence-electron chi connectivity index (χ4n) is 3.22. The van der Waals surface area contributed by atoms with Gasteiger partial charge in [0.1, 0.15) is 11.5 Å². The zero-order valence-corrected chi connectivity index (χ0v) is 17.5. The maximum absolute atomic E-state index is 5.78. The van der Waals surface area contributed by atoms with Gasteiger partial charge in [-0.05, 0) is 43.2 Å². The van der Waals surface area contributed by atoms with Crippen molar-refractivity contribution < 1.29 is 9.47 Å². The molecule has 2 aromatic rings. The van der Waals surface area contributed by atoms with E-state index in [1.807, 2.05) is 54.4 Å². The van der Waals surface area contributed by atoms with Gasteiger partial charge in [0.25, 0.3) is 0 Å². The molecule has 1 aromatic carbocycles. The third kappa shape index (κ3) is 5.79. The molecule has 2 unspecified atom stereocenters. The molecule has 0 radical (unpaired) electrons. The van der Waals surface area contributed by atoms with Crippen LogP contribution in [0.5, 0.6) is 17.4 Å². The molecular formula is C21H28N4O2S. The largest absolute Gasteiger partial charge is 0.497 e. The first-order valence-corrected chi connectivity index (χ1v) is 10.8. The van der Waals surface area contributed by atoms with Gasteiger partial charge in [-0.1, -0.05) is 12.1 Å². The van der Waals surface area contributed by atoms with E-state index in [4.69, 9.17) is 9.47 Å². The number of rotatable bonds is 7. The van der Waals surface area contributed by atoms with Crippen molar-refractivity contribution in [1.29, 1.82) is 0 Å². The van der Waals surface area contributed by atoms with Crippen LogP contribution in [0.15, 0.2) is 47.6 Å². The third-order valence-corrected chi connectivity index (χ3v) is 5.90. The summed E-state index contributed by atoms with van der Waals surface area (Å²) in [5.74, 6) is 2.84. The molecule has 0 bridgehead atoms. The molecule has 2 atom stereocenters. The Kier molecular flexibility index (Phi) is 7.42. The van der Waals surface area contributed by atoms with Crippen molar-refractivity contribution in [1.82, 2.24) is 15.6 Å². The van der Waals surface area contributed by atoms with Crippen LogP contribution >= 0.6 is 11.8 Å². The smallest absolute Gasteiger partial charge is 0.219 e. The van der Waals surface area contributed by atoms with E-state index in [0.29, 0.717) is 24.2 Å². The van der Waals surface area contributed by atoms with Crippen molar-refractivity contribution in [2.45, 2.75) is 37.1 Å². The molecule has 6 nitrogen and oxygen atoms in total. The van der Waals surface area contributed by atoms with Crippen LogP contribution in [-0.4, -0.2) is 42.6 Å². The van der Waals surface area contributed by atoms with E-state index in [1.165, 1.54) is 19.3 Å². The maximum atomic E-state index is 5.78. The molecule has 1 aromatic heterocycles. The second-order valence-electron chi connectivity index (χ2n) is 6.72. The highest BCUT2D eigenvalue weighted by Gasteiger charge is 2.24. The summed E-state index contributed by atoms with van der Waals surface area (Å²) < 4.78 is 11.0. The van der Waals surface area contributed by atoms with Crippen LogP contribution < -0.4 is 20.1 Å². The van der Waals surface area contributed by atoms with E-state index in [9.17, 15) is 0 Å². The molecule has 1 aliphatic carbocycles. The van der Waals surface area contributed by atoms with Gasteiger partial charge >= 0.3 is 0 Å². The van der Waals surface area contributed by atoms with Gasteiger partial charge in [0.05, 0.1) is 7.11 Å². The molecule has 1 fully saturated rings. The molecule has 150 valence electrons. The van der Waals surface area contributed by atoms with E-state index in [2.05, 4.69) is 26.9 Å². The van der Waals surface area contributed by atoms with Gasteiger partial charge in [0.15, 0.2) is 5.96 Å². The first-order chi connectivity index (χ1) is 13.7. The van der Waals surface area contributed by atoms with E-state index in [-0.39, 0.29) is 0 Å². The number of hydrogen-bond acceptors (Lipinski definition) is 5. The minimum absolute atomic E-state index is 0.500. The summed E-state index contributed by atoms with van der Waals surface area (Å²) in [6.45, 7) is 0.658. The van der Waals surface area contributed by atoms with Crippen molar-refractivity contribution >= 4 is 17.7 Å². The van der Waals surface area contributed by atoms with Crippen LogP contribution in [0.1, 0.15) is 24.8 Å². The number of hydrogen-bond donors (Lipinski definition) is 2. The molecule has 1 heterocycles. The second kappa shape index (κ2) is 10.2. The number of benzene rings is 1. The Morgan fingerprint density at radius 1 is 1.25 bits per heavy atom. The number of nitrogens with zero attached hydrogens (tertiary/aromatic N) is 2. The lowest BCUT2D eigenvalue weighted by Gasteiger charge is -2.17. The molecular weight excluding hydrogens is 372 g/mol.